The van der Waals surface area contributed by atoms with Gasteiger partial charge in [-0.3, -0.25) is 9.97 Å². The van der Waals surface area contributed by atoms with Crippen molar-refractivity contribution < 1.29 is 0 Å². The molecule has 0 atom stereocenters. The van der Waals surface area contributed by atoms with Crippen LogP contribution in [0.4, 0.5) is 0 Å². The van der Waals surface area contributed by atoms with E-state index in [1.165, 1.54) is 51.4 Å². The van der Waals surface area contributed by atoms with Gasteiger partial charge in [0.1, 0.15) is 5.82 Å². The van der Waals surface area contributed by atoms with Crippen molar-refractivity contribution in [2.75, 3.05) is 0 Å². The van der Waals surface area contributed by atoms with Crippen molar-refractivity contribution >= 4 is 0 Å². The van der Waals surface area contributed by atoms with E-state index in [1.807, 2.05) is 0 Å². The minimum absolute atomic E-state index is 0.223. The van der Waals surface area contributed by atoms with Gasteiger partial charge in [0.15, 0.2) is 0 Å². The van der Waals surface area contributed by atoms with E-state index in [0.717, 1.165) is 25.7 Å². The molecule has 1 saturated carbocycles. The van der Waals surface area contributed by atoms with Gasteiger partial charge in [0, 0.05) is 5.92 Å². The maximum atomic E-state index is 11.4. The summed E-state index contributed by atoms with van der Waals surface area (Å²) in [6, 6.07) is 0. The molecule has 1 aliphatic rings. The van der Waals surface area contributed by atoms with E-state index < -0.39 is 11.4 Å². The Morgan fingerprint density at radius 2 is 1.19 bits per heavy atom. The summed E-state index contributed by atoms with van der Waals surface area (Å²) in [7, 11) is 0. The molecule has 118 valence electrons. The average molecular weight is 293 g/mol. The fraction of sp³-hybridized carbons (Fsp3) is 0.812. The molecular weight excluding hydrogens is 266 g/mol. The highest BCUT2D eigenvalue weighted by atomic mass is 16.2. The SMILES string of the molecule is O=c1nc(C2CCCCCCCCCCCC2)[nH]c(=O)[nH]1. The fourth-order valence-corrected chi connectivity index (χ4v) is 3.22. The van der Waals surface area contributed by atoms with E-state index in [9.17, 15) is 9.59 Å². The highest BCUT2D eigenvalue weighted by molar-refractivity contribution is 4.93. The fourth-order valence-electron chi connectivity index (χ4n) is 3.22. The third-order valence-electron chi connectivity index (χ3n) is 4.43. The molecular formula is C16H27N3O2. The third kappa shape index (κ3) is 5.86. The minimum atomic E-state index is -0.531. The maximum absolute atomic E-state index is 11.4. The van der Waals surface area contributed by atoms with E-state index in [-0.39, 0.29) is 5.92 Å². The zero-order valence-electron chi connectivity index (χ0n) is 12.8. The molecule has 0 aromatic carbocycles. The zero-order valence-corrected chi connectivity index (χ0v) is 12.8. The maximum Gasteiger partial charge on any atom is 0.350 e. The molecule has 21 heavy (non-hydrogen) atoms. The second-order valence-corrected chi connectivity index (χ2v) is 6.19. The second-order valence-electron chi connectivity index (χ2n) is 6.19. The second kappa shape index (κ2) is 8.80. The van der Waals surface area contributed by atoms with E-state index in [2.05, 4.69) is 15.0 Å². The van der Waals surface area contributed by atoms with E-state index in [1.54, 1.807) is 0 Å². The summed E-state index contributed by atoms with van der Waals surface area (Å²) in [6.45, 7) is 0. The van der Waals surface area contributed by atoms with Gasteiger partial charge in [-0.15, -0.1) is 0 Å². The number of hydrogen-bond donors (Lipinski definition) is 2. The molecule has 2 N–H and O–H groups in total. The van der Waals surface area contributed by atoms with Crippen LogP contribution in [0.3, 0.4) is 0 Å². The lowest BCUT2D eigenvalue weighted by Gasteiger charge is -2.15. The van der Waals surface area contributed by atoms with Crippen molar-refractivity contribution in [2.24, 2.45) is 0 Å². The highest BCUT2D eigenvalue weighted by Crippen LogP contribution is 2.26. The summed E-state index contributed by atoms with van der Waals surface area (Å²) < 4.78 is 0. The first-order valence-electron chi connectivity index (χ1n) is 8.46. The van der Waals surface area contributed by atoms with Crippen molar-refractivity contribution in [3.63, 3.8) is 0 Å². The van der Waals surface area contributed by atoms with E-state index in [4.69, 9.17) is 0 Å². The van der Waals surface area contributed by atoms with Gasteiger partial charge in [-0.2, -0.15) is 4.98 Å². The predicted molar refractivity (Wildman–Crippen MR) is 83.6 cm³/mol. The van der Waals surface area contributed by atoms with Gasteiger partial charge in [-0.05, 0) is 12.8 Å². The lowest BCUT2D eigenvalue weighted by Crippen LogP contribution is -2.28. The third-order valence-corrected chi connectivity index (χ3v) is 4.43. The summed E-state index contributed by atoms with van der Waals surface area (Å²) in [5.41, 5.74) is -0.968. The normalized spacial score (nSPS) is 20.2. The van der Waals surface area contributed by atoms with E-state index >= 15 is 0 Å². The van der Waals surface area contributed by atoms with Crippen LogP contribution in [-0.4, -0.2) is 15.0 Å². The highest BCUT2D eigenvalue weighted by Gasteiger charge is 2.15. The molecule has 0 spiro atoms. The quantitative estimate of drug-likeness (QED) is 0.834. The van der Waals surface area contributed by atoms with Crippen LogP contribution >= 0.6 is 0 Å². The molecule has 0 radical (unpaired) electrons. The molecule has 5 heteroatoms. The van der Waals surface area contributed by atoms with Crippen LogP contribution in [0, 0.1) is 0 Å². The average Bonchev–Trinajstić information content (AvgIpc) is 2.47. The molecule has 1 aromatic heterocycles. The smallest absolute Gasteiger partial charge is 0.295 e. The molecule has 5 nitrogen and oxygen atoms in total. The number of H-pyrrole nitrogens is 2. The molecule has 1 fully saturated rings. The van der Waals surface area contributed by atoms with Crippen LogP contribution in [0.1, 0.15) is 88.8 Å². The minimum Gasteiger partial charge on any atom is -0.295 e. The molecule has 0 saturated heterocycles. The van der Waals surface area contributed by atoms with Gasteiger partial charge >= 0.3 is 11.4 Å². The zero-order chi connectivity index (χ0) is 14.9. The first kappa shape index (κ1) is 16.0. The van der Waals surface area contributed by atoms with Crippen molar-refractivity contribution in [1.82, 2.24) is 15.0 Å². The number of nitrogens with one attached hydrogen (secondary N) is 2. The molecule has 2 rings (SSSR count). The number of hydrogen-bond acceptors (Lipinski definition) is 3. The Morgan fingerprint density at radius 1 is 0.714 bits per heavy atom. The standard InChI is InChI=1S/C16H27N3O2/c20-15-17-14(18-16(21)19-15)13-11-9-7-5-3-1-2-4-6-8-10-12-13/h13H,1-12H2,(H2,17,18,19,20,21). The van der Waals surface area contributed by atoms with Gasteiger partial charge in [-0.25, -0.2) is 9.59 Å². The van der Waals surface area contributed by atoms with Crippen molar-refractivity contribution in [3.8, 4) is 0 Å². The van der Waals surface area contributed by atoms with Gasteiger partial charge in [0.25, 0.3) is 0 Å². The first-order chi connectivity index (χ1) is 10.3. The lowest BCUT2D eigenvalue weighted by atomic mass is 9.94. The molecule has 0 unspecified atom stereocenters. The monoisotopic (exact) mass is 293 g/mol. The molecule has 0 amide bonds. The Hall–Kier alpha value is -1.39. The predicted octanol–water partition coefficient (Wildman–Crippen LogP) is 3.24. The van der Waals surface area contributed by atoms with E-state index in [0.29, 0.717) is 5.82 Å². The Balaban J connectivity index is 2.02. The Kier molecular flexibility index (Phi) is 6.70. The van der Waals surface area contributed by atoms with Gasteiger partial charge in [0.05, 0.1) is 0 Å². The van der Waals surface area contributed by atoms with Crippen LogP contribution in [-0.2, 0) is 0 Å². The molecule has 0 bridgehead atoms. The van der Waals surface area contributed by atoms with Gasteiger partial charge in [-0.1, -0.05) is 64.2 Å². The van der Waals surface area contributed by atoms with Crippen LogP contribution in [0.5, 0.6) is 0 Å². The number of aromatic nitrogens is 3. The number of nitrogens with zero attached hydrogens (tertiary/aromatic N) is 1. The molecule has 0 aliphatic heterocycles. The summed E-state index contributed by atoms with van der Waals surface area (Å²) >= 11 is 0. The van der Waals surface area contributed by atoms with Crippen molar-refractivity contribution in [1.29, 1.82) is 0 Å². The molecule has 1 aliphatic carbocycles. The summed E-state index contributed by atoms with van der Waals surface area (Å²) in [6.07, 6.45) is 14.8. The van der Waals surface area contributed by atoms with Crippen LogP contribution < -0.4 is 11.4 Å². The van der Waals surface area contributed by atoms with Crippen LogP contribution in [0.2, 0.25) is 0 Å². The largest absolute Gasteiger partial charge is 0.350 e. The first-order valence-corrected chi connectivity index (χ1v) is 8.46. The molecule has 1 heterocycles. The summed E-state index contributed by atoms with van der Waals surface area (Å²) in [5, 5.41) is 0. The Morgan fingerprint density at radius 3 is 1.67 bits per heavy atom. The lowest BCUT2D eigenvalue weighted by molar-refractivity contribution is 0.478. The van der Waals surface area contributed by atoms with Crippen LogP contribution in [0.15, 0.2) is 9.59 Å². The van der Waals surface area contributed by atoms with Gasteiger partial charge in [0.2, 0.25) is 0 Å². The Labute approximate surface area is 125 Å². The van der Waals surface area contributed by atoms with Crippen LogP contribution in [0.25, 0.3) is 0 Å². The van der Waals surface area contributed by atoms with Crippen molar-refractivity contribution in [2.45, 2.75) is 83.0 Å². The van der Waals surface area contributed by atoms with Crippen molar-refractivity contribution in [3.05, 3.63) is 26.8 Å². The topological polar surface area (TPSA) is 78.6 Å². The number of rotatable bonds is 1. The molecule has 1 aromatic rings. The Bertz CT molecular complexity index is 478. The summed E-state index contributed by atoms with van der Waals surface area (Å²) in [5.74, 6) is 0.805. The number of aromatic amines is 2. The van der Waals surface area contributed by atoms with Gasteiger partial charge < -0.3 is 0 Å². The summed E-state index contributed by atoms with van der Waals surface area (Å²) in [4.78, 5) is 31.7.